The predicted octanol–water partition coefficient (Wildman–Crippen LogP) is 2.60. The molecule has 1 aliphatic heterocycles. The van der Waals surface area contributed by atoms with Crippen molar-refractivity contribution in [3.63, 3.8) is 0 Å². The van der Waals surface area contributed by atoms with Crippen molar-refractivity contribution < 1.29 is 4.74 Å². The summed E-state index contributed by atoms with van der Waals surface area (Å²) in [5, 5.41) is 4.63. The van der Waals surface area contributed by atoms with Gasteiger partial charge in [-0.1, -0.05) is 18.2 Å². The Morgan fingerprint density at radius 3 is 3.12 bits per heavy atom. The van der Waals surface area contributed by atoms with Gasteiger partial charge in [-0.3, -0.25) is 0 Å². The molecule has 0 amide bonds. The lowest BCUT2D eigenvalue weighted by Gasteiger charge is -2.24. The topological polar surface area (TPSA) is 26.2 Å². The number of aromatic nitrogens is 1. The first-order chi connectivity index (χ1) is 8.27. The molecule has 2 heterocycles. The molecule has 0 radical (unpaired) electrons. The van der Waals surface area contributed by atoms with Gasteiger partial charge in [-0.15, -0.1) is 0 Å². The number of para-hydroxylation sites is 1. The van der Waals surface area contributed by atoms with E-state index >= 15 is 0 Å². The predicted molar refractivity (Wildman–Crippen MR) is 72.2 cm³/mol. The Bertz CT molecular complexity index is 544. The molecule has 1 aromatic carbocycles. The fourth-order valence-electron chi connectivity index (χ4n) is 2.48. The highest BCUT2D eigenvalue weighted by Crippen LogP contribution is 2.32. The molecule has 3 rings (SSSR count). The number of nitrogens with one attached hydrogen (secondary N) is 1. The van der Waals surface area contributed by atoms with Gasteiger partial charge in [0.1, 0.15) is 0 Å². The first kappa shape index (κ1) is 11.3. The van der Waals surface area contributed by atoms with Crippen molar-refractivity contribution in [2.45, 2.75) is 6.10 Å². The maximum absolute atomic E-state index is 5.85. The number of benzene rings is 1. The molecule has 0 spiro atoms. The summed E-state index contributed by atoms with van der Waals surface area (Å²) in [6, 6.07) is 6.39. The third-order valence-corrected chi connectivity index (χ3v) is 3.89. The van der Waals surface area contributed by atoms with E-state index in [0.29, 0.717) is 0 Å². The van der Waals surface area contributed by atoms with Crippen molar-refractivity contribution in [1.29, 1.82) is 0 Å². The summed E-state index contributed by atoms with van der Waals surface area (Å²) in [6.07, 6.45) is 2.26. The highest BCUT2D eigenvalue weighted by atomic mass is 79.9. The highest BCUT2D eigenvalue weighted by molar-refractivity contribution is 9.10. The van der Waals surface area contributed by atoms with E-state index in [0.717, 1.165) is 24.2 Å². The third-order valence-electron chi connectivity index (χ3n) is 3.26. The fraction of sp³-hybridized carbons (Fsp3) is 0.385. The third kappa shape index (κ3) is 1.90. The van der Waals surface area contributed by atoms with Crippen LogP contribution in [-0.4, -0.2) is 24.3 Å². The van der Waals surface area contributed by atoms with Crippen LogP contribution in [0.4, 0.5) is 0 Å². The molecule has 1 aliphatic rings. The molecule has 2 aromatic rings. The van der Waals surface area contributed by atoms with Crippen LogP contribution in [0.15, 0.2) is 28.9 Å². The van der Waals surface area contributed by atoms with Crippen molar-refractivity contribution in [2.24, 2.45) is 7.05 Å². The van der Waals surface area contributed by atoms with Crippen molar-refractivity contribution in [1.82, 2.24) is 9.88 Å². The minimum Gasteiger partial charge on any atom is -0.371 e. The number of rotatable bonds is 1. The van der Waals surface area contributed by atoms with Crippen molar-refractivity contribution >= 4 is 26.8 Å². The zero-order chi connectivity index (χ0) is 11.8. The molecule has 1 N–H and O–H groups in total. The van der Waals surface area contributed by atoms with E-state index in [1.807, 2.05) is 0 Å². The monoisotopic (exact) mass is 294 g/mol. The first-order valence-electron chi connectivity index (χ1n) is 5.83. The van der Waals surface area contributed by atoms with E-state index in [1.165, 1.54) is 16.5 Å². The molecule has 1 aromatic heterocycles. The van der Waals surface area contributed by atoms with Crippen LogP contribution in [0.2, 0.25) is 0 Å². The number of hydrogen-bond acceptors (Lipinski definition) is 2. The molecular weight excluding hydrogens is 280 g/mol. The zero-order valence-corrected chi connectivity index (χ0v) is 11.3. The van der Waals surface area contributed by atoms with Gasteiger partial charge in [0.05, 0.1) is 18.2 Å². The van der Waals surface area contributed by atoms with Crippen LogP contribution in [0.1, 0.15) is 11.7 Å². The molecule has 0 bridgehead atoms. The summed E-state index contributed by atoms with van der Waals surface area (Å²) in [5.74, 6) is 0. The van der Waals surface area contributed by atoms with E-state index < -0.39 is 0 Å². The van der Waals surface area contributed by atoms with E-state index in [2.05, 4.69) is 57.3 Å². The average Bonchev–Trinajstić information content (AvgIpc) is 2.66. The lowest BCUT2D eigenvalue weighted by Crippen LogP contribution is -2.33. The van der Waals surface area contributed by atoms with Gasteiger partial charge < -0.3 is 14.6 Å². The Balaban J connectivity index is 2.15. The number of morpholine rings is 1. The lowest BCUT2D eigenvalue weighted by molar-refractivity contribution is 0.0284. The van der Waals surface area contributed by atoms with Gasteiger partial charge in [0.25, 0.3) is 0 Å². The largest absolute Gasteiger partial charge is 0.371 e. The highest BCUT2D eigenvalue weighted by Gasteiger charge is 2.20. The zero-order valence-electron chi connectivity index (χ0n) is 9.74. The smallest absolute Gasteiger partial charge is 0.0970 e. The molecule has 4 heteroatoms. The minimum atomic E-state index is 0.160. The molecule has 1 saturated heterocycles. The van der Waals surface area contributed by atoms with Gasteiger partial charge in [0.2, 0.25) is 0 Å². The van der Waals surface area contributed by atoms with Crippen LogP contribution in [0, 0.1) is 0 Å². The van der Waals surface area contributed by atoms with Gasteiger partial charge in [0.15, 0.2) is 0 Å². The molecule has 1 atom stereocenters. The minimum absolute atomic E-state index is 0.160. The molecule has 1 fully saturated rings. The second-order valence-corrected chi connectivity index (χ2v) is 5.25. The van der Waals surface area contributed by atoms with Crippen LogP contribution in [0.25, 0.3) is 10.9 Å². The normalized spacial score (nSPS) is 20.9. The van der Waals surface area contributed by atoms with E-state index in [4.69, 9.17) is 4.74 Å². The molecule has 0 aliphatic carbocycles. The summed E-state index contributed by atoms with van der Waals surface area (Å²) in [5.41, 5.74) is 2.52. The van der Waals surface area contributed by atoms with Gasteiger partial charge in [-0.25, -0.2) is 0 Å². The SMILES string of the molecule is Cn1cc(Br)c2cccc(C3CNCCO3)c21. The Hall–Kier alpha value is -0.840. The molecule has 0 saturated carbocycles. The van der Waals surface area contributed by atoms with E-state index in [-0.39, 0.29) is 6.10 Å². The summed E-state index contributed by atoms with van der Waals surface area (Å²) in [4.78, 5) is 0. The van der Waals surface area contributed by atoms with Crippen molar-refractivity contribution in [2.75, 3.05) is 19.7 Å². The summed E-state index contributed by atoms with van der Waals surface area (Å²) < 4.78 is 9.14. The number of halogens is 1. The number of nitrogens with zero attached hydrogens (tertiary/aromatic N) is 1. The first-order valence-corrected chi connectivity index (χ1v) is 6.62. The standard InChI is InChI=1S/C13H15BrN2O/c1-16-8-11(14)9-3-2-4-10(13(9)16)12-7-15-5-6-17-12/h2-4,8,12,15H,5-7H2,1H3. The summed E-state index contributed by atoms with van der Waals surface area (Å²) in [7, 11) is 2.08. The van der Waals surface area contributed by atoms with Crippen molar-refractivity contribution in [3.8, 4) is 0 Å². The maximum Gasteiger partial charge on any atom is 0.0970 e. The average molecular weight is 295 g/mol. The maximum atomic E-state index is 5.85. The Labute approximate surface area is 109 Å². The second-order valence-electron chi connectivity index (χ2n) is 4.39. The van der Waals surface area contributed by atoms with E-state index in [9.17, 15) is 0 Å². The quantitative estimate of drug-likeness (QED) is 0.875. The van der Waals surface area contributed by atoms with Gasteiger partial charge in [0, 0.05) is 41.8 Å². The van der Waals surface area contributed by atoms with Crippen LogP contribution >= 0.6 is 15.9 Å². The second kappa shape index (κ2) is 4.44. The summed E-state index contributed by atoms with van der Waals surface area (Å²) >= 11 is 3.60. The Morgan fingerprint density at radius 1 is 1.47 bits per heavy atom. The molecular formula is C13H15BrN2O. The van der Waals surface area contributed by atoms with Gasteiger partial charge in [-0.05, 0) is 15.9 Å². The Kier molecular flexibility index (Phi) is 2.94. The number of fused-ring (bicyclic) bond motifs is 1. The van der Waals surface area contributed by atoms with Crippen LogP contribution in [-0.2, 0) is 11.8 Å². The van der Waals surface area contributed by atoms with Crippen LogP contribution in [0.3, 0.4) is 0 Å². The number of hydrogen-bond donors (Lipinski definition) is 1. The van der Waals surface area contributed by atoms with Crippen LogP contribution in [0.5, 0.6) is 0 Å². The number of ether oxygens (including phenoxy) is 1. The number of aryl methyl sites for hydroxylation is 1. The lowest BCUT2D eigenvalue weighted by atomic mass is 10.1. The molecule has 3 nitrogen and oxygen atoms in total. The molecule has 90 valence electrons. The molecule has 1 unspecified atom stereocenters. The Morgan fingerprint density at radius 2 is 2.35 bits per heavy atom. The molecule has 17 heavy (non-hydrogen) atoms. The van der Waals surface area contributed by atoms with Crippen LogP contribution < -0.4 is 5.32 Å². The van der Waals surface area contributed by atoms with Crippen molar-refractivity contribution in [3.05, 3.63) is 34.4 Å². The van der Waals surface area contributed by atoms with E-state index in [1.54, 1.807) is 0 Å². The summed E-state index contributed by atoms with van der Waals surface area (Å²) in [6.45, 7) is 2.62. The fourth-order valence-corrected chi connectivity index (χ4v) is 3.10. The van der Waals surface area contributed by atoms with Gasteiger partial charge in [-0.2, -0.15) is 0 Å². The van der Waals surface area contributed by atoms with Gasteiger partial charge >= 0.3 is 0 Å².